The standard InChI is InChI=1S/C21H20ClN3O3/c1-21(28)11-15-17(19(26)25-24-15)16(12-7-9-13(22)10-8-12)18(21)20(27)23-14-5-3-2-4-6-14/h2-10,16,18,28H,11H2,1H3,(H,23,27)(H2,24,25,26)/t16-,18+,21+/m0/s1. The number of fused-ring (bicyclic) bond motifs is 1. The predicted octanol–water partition coefficient (Wildman–Crippen LogP) is 3.05. The van der Waals surface area contributed by atoms with Crippen LogP contribution in [-0.4, -0.2) is 26.8 Å². The van der Waals surface area contributed by atoms with Gasteiger partial charge in [0.1, 0.15) is 0 Å². The smallest absolute Gasteiger partial charge is 0.267 e. The maximum absolute atomic E-state index is 13.3. The summed E-state index contributed by atoms with van der Waals surface area (Å²) in [5, 5.41) is 20.1. The Morgan fingerprint density at radius 3 is 2.50 bits per heavy atom. The molecule has 0 saturated heterocycles. The summed E-state index contributed by atoms with van der Waals surface area (Å²) >= 11 is 6.02. The molecule has 1 amide bonds. The highest BCUT2D eigenvalue weighted by Gasteiger charge is 2.50. The van der Waals surface area contributed by atoms with E-state index >= 15 is 0 Å². The lowest BCUT2D eigenvalue weighted by Gasteiger charge is -2.41. The molecular formula is C21H20ClN3O3. The molecule has 6 nitrogen and oxygen atoms in total. The van der Waals surface area contributed by atoms with Crippen molar-refractivity contribution in [1.82, 2.24) is 10.2 Å². The number of carbonyl (C=O) groups is 1. The Kier molecular flexibility index (Phi) is 4.61. The number of para-hydroxylation sites is 1. The van der Waals surface area contributed by atoms with Gasteiger partial charge in [0.15, 0.2) is 0 Å². The summed E-state index contributed by atoms with van der Waals surface area (Å²) in [5.41, 5.74) is 0.806. The molecule has 4 rings (SSSR count). The van der Waals surface area contributed by atoms with Gasteiger partial charge in [0, 0.05) is 34.3 Å². The van der Waals surface area contributed by atoms with Gasteiger partial charge < -0.3 is 15.5 Å². The predicted molar refractivity (Wildman–Crippen MR) is 108 cm³/mol. The van der Waals surface area contributed by atoms with E-state index in [4.69, 9.17) is 11.6 Å². The molecule has 0 spiro atoms. The van der Waals surface area contributed by atoms with E-state index in [9.17, 15) is 14.7 Å². The Hall–Kier alpha value is -2.83. The second kappa shape index (κ2) is 6.96. The third-order valence-electron chi connectivity index (χ3n) is 5.30. The van der Waals surface area contributed by atoms with Crippen LogP contribution in [-0.2, 0) is 11.2 Å². The molecule has 0 fully saturated rings. The molecule has 0 radical (unpaired) electrons. The summed E-state index contributed by atoms with van der Waals surface area (Å²) in [6.07, 6.45) is 0.165. The van der Waals surface area contributed by atoms with Gasteiger partial charge in [-0.2, -0.15) is 0 Å². The highest BCUT2D eigenvalue weighted by atomic mass is 35.5. The first-order valence-electron chi connectivity index (χ1n) is 9.00. The van der Waals surface area contributed by atoms with Gasteiger partial charge in [-0.05, 0) is 36.8 Å². The number of aromatic nitrogens is 2. The Morgan fingerprint density at radius 2 is 1.82 bits per heavy atom. The lowest BCUT2D eigenvalue weighted by atomic mass is 9.66. The van der Waals surface area contributed by atoms with Gasteiger partial charge in [-0.1, -0.05) is 41.9 Å². The minimum absolute atomic E-state index is 0.165. The molecule has 7 heteroatoms. The van der Waals surface area contributed by atoms with Crippen molar-refractivity contribution >= 4 is 23.2 Å². The largest absolute Gasteiger partial charge is 0.389 e. The van der Waals surface area contributed by atoms with Gasteiger partial charge in [0.05, 0.1) is 11.5 Å². The van der Waals surface area contributed by atoms with Crippen LogP contribution in [0.2, 0.25) is 5.02 Å². The number of hydrogen-bond donors (Lipinski definition) is 4. The summed E-state index contributed by atoms with van der Waals surface area (Å²) in [6.45, 7) is 1.62. The summed E-state index contributed by atoms with van der Waals surface area (Å²) < 4.78 is 0. The number of amides is 1. The number of H-pyrrole nitrogens is 2. The summed E-state index contributed by atoms with van der Waals surface area (Å²) in [5.74, 6) is -1.82. The average Bonchev–Trinajstić information content (AvgIpc) is 3.01. The third kappa shape index (κ3) is 3.25. The average molecular weight is 398 g/mol. The Labute approximate surface area is 166 Å². The Morgan fingerprint density at radius 1 is 1.14 bits per heavy atom. The number of anilines is 1. The zero-order chi connectivity index (χ0) is 19.9. The third-order valence-corrected chi connectivity index (χ3v) is 5.55. The number of hydrogen-bond acceptors (Lipinski definition) is 3. The number of aromatic amines is 2. The minimum atomic E-state index is -1.36. The van der Waals surface area contributed by atoms with Crippen molar-refractivity contribution in [1.29, 1.82) is 0 Å². The first-order valence-corrected chi connectivity index (χ1v) is 9.38. The summed E-state index contributed by atoms with van der Waals surface area (Å²) in [6, 6.07) is 16.1. The van der Waals surface area contributed by atoms with Crippen LogP contribution in [0.3, 0.4) is 0 Å². The van der Waals surface area contributed by atoms with Crippen molar-refractivity contribution in [2.24, 2.45) is 5.92 Å². The summed E-state index contributed by atoms with van der Waals surface area (Å²) in [4.78, 5) is 25.8. The molecule has 144 valence electrons. The maximum atomic E-state index is 13.3. The van der Waals surface area contributed by atoms with E-state index in [2.05, 4.69) is 15.5 Å². The Balaban J connectivity index is 1.83. The molecule has 0 bridgehead atoms. The number of carbonyl (C=O) groups excluding carboxylic acids is 1. The zero-order valence-electron chi connectivity index (χ0n) is 15.2. The Bertz CT molecular complexity index is 1050. The normalized spacial score (nSPS) is 23.8. The van der Waals surface area contributed by atoms with Gasteiger partial charge in [-0.25, -0.2) is 0 Å². The van der Waals surface area contributed by atoms with Gasteiger partial charge >= 0.3 is 0 Å². The molecular weight excluding hydrogens is 378 g/mol. The molecule has 0 saturated carbocycles. The number of rotatable bonds is 3. The fourth-order valence-electron chi connectivity index (χ4n) is 4.07. The van der Waals surface area contributed by atoms with Crippen molar-refractivity contribution in [3.63, 3.8) is 0 Å². The molecule has 1 aliphatic carbocycles. The quantitative estimate of drug-likeness (QED) is 0.546. The molecule has 28 heavy (non-hydrogen) atoms. The number of benzene rings is 2. The van der Waals surface area contributed by atoms with E-state index in [0.29, 0.717) is 22.0 Å². The van der Waals surface area contributed by atoms with Crippen molar-refractivity contribution in [2.45, 2.75) is 24.9 Å². The van der Waals surface area contributed by atoms with Crippen LogP contribution < -0.4 is 10.9 Å². The second-order valence-corrected chi connectivity index (χ2v) is 7.80. The molecule has 0 aliphatic heterocycles. The van der Waals surface area contributed by atoms with E-state index in [0.717, 1.165) is 5.56 Å². The SMILES string of the molecule is C[C@@]1(O)Cc2[nH][nH]c(=O)c2[C@H](c2ccc(Cl)cc2)[C@@H]1C(=O)Nc1ccccc1. The zero-order valence-corrected chi connectivity index (χ0v) is 16.0. The van der Waals surface area contributed by atoms with Crippen LogP contribution in [0.4, 0.5) is 5.69 Å². The summed E-state index contributed by atoms with van der Waals surface area (Å²) in [7, 11) is 0. The number of aliphatic hydroxyl groups is 1. The second-order valence-electron chi connectivity index (χ2n) is 7.37. The van der Waals surface area contributed by atoms with E-state index in [-0.39, 0.29) is 17.9 Å². The van der Waals surface area contributed by atoms with Crippen LogP contribution in [0.5, 0.6) is 0 Å². The van der Waals surface area contributed by atoms with Crippen molar-refractivity contribution < 1.29 is 9.90 Å². The van der Waals surface area contributed by atoms with Gasteiger partial charge in [0.2, 0.25) is 5.91 Å². The molecule has 2 aromatic carbocycles. The van der Waals surface area contributed by atoms with Crippen LogP contribution in [0, 0.1) is 5.92 Å². The molecule has 4 N–H and O–H groups in total. The molecule has 3 atom stereocenters. The van der Waals surface area contributed by atoms with Gasteiger partial charge in [0.25, 0.3) is 5.56 Å². The minimum Gasteiger partial charge on any atom is -0.389 e. The van der Waals surface area contributed by atoms with Crippen molar-refractivity contribution in [3.8, 4) is 0 Å². The van der Waals surface area contributed by atoms with Crippen molar-refractivity contribution in [2.75, 3.05) is 5.32 Å². The van der Waals surface area contributed by atoms with Gasteiger partial charge in [-0.15, -0.1) is 0 Å². The van der Waals surface area contributed by atoms with Crippen LogP contribution in [0.1, 0.15) is 29.7 Å². The van der Waals surface area contributed by atoms with Crippen LogP contribution in [0.15, 0.2) is 59.4 Å². The van der Waals surface area contributed by atoms with E-state index in [1.54, 1.807) is 43.3 Å². The van der Waals surface area contributed by atoms with E-state index in [1.165, 1.54) is 0 Å². The van der Waals surface area contributed by atoms with Gasteiger partial charge in [-0.3, -0.25) is 14.7 Å². The monoisotopic (exact) mass is 397 g/mol. The molecule has 3 aromatic rings. The first-order chi connectivity index (χ1) is 13.4. The van der Waals surface area contributed by atoms with Crippen molar-refractivity contribution in [3.05, 3.63) is 86.8 Å². The first kappa shape index (κ1) is 18.5. The molecule has 1 heterocycles. The van der Waals surface area contributed by atoms with Crippen LogP contribution >= 0.6 is 11.6 Å². The lowest BCUT2D eigenvalue weighted by Crippen LogP contribution is -2.51. The fraction of sp³-hybridized carbons (Fsp3) is 0.238. The van der Waals surface area contributed by atoms with E-state index < -0.39 is 17.4 Å². The van der Waals surface area contributed by atoms with Crippen LogP contribution in [0.25, 0.3) is 0 Å². The highest BCUT2D eigenvalue weighted by molar-refractivity contribution is 6.30. The molecule has 1 aliphatic rings. The topological polar surface area (TPSA) is 98.0 Å². The highest BCUT2D eigenvalue weighted by Crippen LogP contribution is 2.44. The number of nitrogens with one attached hydrogen (secondary N) is 3. The number of halogens is 1. The molecule has 1 aromatic heterocycles. The maximum Gasteiger partial charge on any atom is 0.267 e. The lowest BCUT2D eigenvalue weighted by molar-refractivity contribution is -0.130. The fourth-order valence-corrected chi connectivity index (χ4v) is 4.20. The van der Waals surface area contributed by atoms with E-state index in [1.807, 2.05) is 18.2 Å². The molecule has 0 unspecified atom stereocenters.